The summed E-state index contributed by atoms with van der Waals surface area (Å²) in [6.45, 7) is 16.9. The fraction of sp³-hybridized carbons (Fsp3) is 0.792. The lowest BCUT2D eigenvalue weighted by atomic mass is 9.85. The minimum Gasteiger partial charge on any atom is -0.478 e. The molecule has 0 aromatic rings. The number of amides is 2. The van der Waals surface area contributed by atoms with Crippen molar-refractivity contribution >= 4 is 17.8 Å². The van der Waals surface area contributed by atoms with Crippen molar-refractivity contribution in [1.29, 1.82) is 0 Å². The predicted molar refractivity (Wildman–Crippen MR) is 126 cm³/mol. The molecular weight excluding hydrogens is 394 g/mol. The van der Waals surface area contributed by atoms with Crippen LogP contribution >= 0.6 is 0 Å². The average molecular weight is 440 g/mol. The number of hydrogen-bond donors (Lipinski definition) is 2. The largest absolute Gasteiger partial charge is 0.478 e. The zero-order valence-electron chi connectivity index (χ0n) is 21.3. The first kappa shape index (κ1) is 29.1. The third-order valence-electron chi connectivity index (χ3n) is 5.22. The minimum absolute atomic E-state index is 0.122. The Balaban J connectivity index is 0.00000206. The van der Waals surface area contributed by atoms with Crippen molar-refractivity contribution in [3.8, 4) is 0 Å². The normalized spacial score (nSPS) is 21.1. The lowest BCUT2D eigenvalue weighted by Crippen LogP contribution is -2.58. The molecule has 0 aliphatic carbocycles. The molecule has 0 spiro atoms. The second kappa shape index (κ2) is 12.8. The zero-order chi connectivity index (χ0) is 24.5. The Bertz CT molecular complexity index is 634. The van der Waals surface area contributed by atoms with Crippen LogP contribution in [-0.4, -0.2) is 72.0 Å². The second-order valence-corrected chi connectivity index (χ2v) is 10.6. The van der Waals surface area contributed by atoms with Gasteiger partial charge < -0.3 is 15.3 Å². The molecule has 1 heterocycles. The molecule has 3 unspecified atom stereocenters. The molecule has 1 saturated heterocycles. The first-order chi connectivity index (χ1) is 14.1. The van der Waals surface area contributed by atoms with Crippen LogP contribution in [0.2, 0.25) is 0 Å². The van der Waals surface area contributed by atoms with Gasteiger partial charge in [0.2, 0.25) is 11.8 Å². The lowest BCUT2D eigenvalue weighted by Gasteiger charge is -2.38. The highest BCUT2D eigenvalue weighted by atomic mass is 16.4. The van der Waals surface area contributed by atoms with Crippen LogP contribution < -0.4 is 5.32 Å². The maximum absolute atomic E-state index is 13.0. The van der Waals surface area contributed by atoms with E-state index < -0.39 is 17.4 Å². The Kier molecular flexibility index (Phi) is 12.1. The maximum Gasteiger partial charge on any atom is 0.331 e. The van der Waals surface area contributed by atoms with Gasteiger partial charge in [0.25, 0.3) is 0 Å². The third-order valence-corrected chi connectivity index (χ3v) is 5.22. The Morgan fingerprint density at radius 1 is 1.23 bits per heavy atom. The van der Waals surface area contributed by atoms with Gasteiger partial charge in [-0.15, -0.1) is 0 Å². The van der Waals surface area contributed by atoms with Gasteiger partial charge in [-0.2, -0.15) is 0 Å². The molecule has 1 aliphatic rings. The minimum atomic E-state index is -1.01. The number of aliphatic carboxylic acids is 1. The number of carbonyl (C=O) groups excluding carboxylic acids is 2. The van der Waals surface area contributed by atoms with E-state index in [2.05, 4.69) is 33.0 Å². The van der Waals surface area contributed by atoms with Crippen molar-refractivity contribution in [3.63, 3.8) is 0 Å². The van der Waals surface area contributed by atoms with Gasteiger partial charge >= 0.3 is 5.97 Å². The highest BCUT2D eigenvalue weighted by Gasteiger charge is 2.37. The van der Waals surface area contributed by atoms with Gasteiger partial charge in [0.1, 0.15) is 6.04 Å². The smallest absolute Gasteiger partial charge is 0.331 e. The molecule has 3 atom stereocenters. The van der Waals surface area contributed by atoms with Crippen molar-refractivity contribution in [1.82, 2.24) is 15.1 Å². The summed E-state index contributed by atoms with van der Waals surface area (Å²) in [5, 5.41) is 11.9. The molecule has 0 aromatic heterocycles. The summed E-state index contributed by atoms with van der Waals surface area (Å²) in [5.74, 6) is -0.0432. The van der Waals surface area contributed by atoms with Crippen LogP contribution in [0, 0.1) is 17.3 Å². The van der Waals surface area contributed by atoms with Crippen LogP contribution in [0.1, 0.15) is 68.2 Å². The van der Waals surface area contributed by atoms with Crippen molar-refractivity contribution < 1.29 is 19.5 Å². The highest BCUT2D eigenvalue weighted by molar-refractivity contribution is 5.90. The van der Waals surface area contributed by atoms with Crippen LogP contribution in [0.3, 0.4) is 0 Å². The standard InChI is InChI=1S/C20H35N3O4.C4H10/c1-13-8-10-22(6)15(12-13)17(24)21-16(20(3,4)5)18(25)23(7)11-9-14(2)19(26)27;1-4(2)3/h9,13,15-16H,8,10-12H2,1-7H3,(H,21,24)(H,26,27);4H,1-3H3/b14-9+;. The van der Waals surface area contributed by atoms with Crippen LogP contribution in [0.4, 0.5) is 0 Å². The van der Waals surface area contributed by atoms with Crippen molar-refractivity contribution in [2.75, 3.05) is 27.2 Å². The quantitative estimate of drug-likeness (QED) is 0.619. The van der Waals surface area contributed by atoms with Crippen LogP contribution in [0.15, 0.2) is 11.6 Å². The van der Waals surface area contributed by atoms with E-state index in [4.69, 9.17) is 5.11 Å². The SMILES string of the molecule is C/C(=C\CN(C)C(=O)C(NC(=O)C1CC(C)CCN1C)C(C)(C)C)C(=O)O.CC(C)C. The fourth-order valence-corrected chi connectivity index (χ4v) is 3.12. The molecule has 1 rings (SSSR count). The predicted octanol–water partition coefficient (Wildman–Crippen LogP) is 3.40. The summed E-state index contributed by atoms with van der Waals surface area (Å²) in [4.78, 5) is 40.3. The van der Waals surface area contributed by atoms with E-state index in [1.807, 2.05) is 32.7 Å². The summed E-state index contributed by atoms with van der Waals surface area (Å²) in [7, 11) is 3.56. The Morgan fingerprint density at radius 2 is 1.74 bits per heavy atom. The average Bonchev–Trinajstić information content (AvgIpc) is 2.63. The zero-order valence-corrected chi connectivity index (χ0v) is 21.3. The van der Waals surface area contributed by atoms with Gasteiger partial charge in [-0.25, -0.2) is 4.79 Å². The fourth-order valence-electron chi connectivity index (χ4n) is 3.12. The topological polar surface area (TPSA) is 90.0 Å². The first-order valence-electron chi connectivity index (χ1n) is 11.2. The molecule has 0 bridgehead atoms. The number of likely N-dealkylation sites (N-methyl/N-ethyl adjacent to an activating group) is 2. The molecule has 7 nitrogen and oxygen atoms in total. The summed E-state index contributed by atoms with van der Waals surface area (Å²) in [6.07, 6.45) is 3.35. The van der Waals surface area contributed by atoms with E-state index in [-0.39, 0.29) is 30.0 Å². The number of nitrogens with zero attached hydrogens (tertiary/aromatic N) is 2. The van der Waals surface area contributed by atoms with Gasteiger partial charge in [-0.05, 0) is 50.6 Å². The lowest BCUT2D eigenvalue weighted by molar-refractivity contribution is -0.140. The van der Waals surface area contributed by atoms with Crippen molar-refractivity contribution in [3.05, 3.63) is 11.6 Å². The molecule has 31 heavy (non-hydrogen) atoms. The molecule has 7 heteroatoms. The Hall–Kier alpha value is -1.89. The van der Waals surface area contributed by atoms with E-state index in [9.17, 15) is 14.4 Å². The molecule has 2 N–H and O–H groups in total. The van der Waals surface area contributed by atoms with Gasteiger partial charge in [-0.3, -0.25) is 14.5 Å². The molecule has 0 radical (unpaired) electrons. The second-order valence-electron chi connectivity index (χ2n) is 10.6. The number of carbonyl (C=O) groups is 3. The van der Waals surface area contributed by atoms with E-state index in [1.165, 1.54) is 17.9 Å². The highest BCUT2D eigenvalue weighted by Crippen LogP contribution is 2.24. The monoisotopic (exact) mass is 439 g/mol. The molecule has 1 aliphatic heterocycles. The maximum atomic E-state index is 13.0. The van der Waals surface area contributed by atoms with Gasteiger partial charge in [-0.1, -0.05) is 54.5 Å². The number of carboxylic acid groups (broad SMARTS) is 1. The van der Waals surface area contributed by atoms with E-state index in [0.717, 1.165) is 25.3 Å². The molecule has 0 aromatic carbocycles. The molecule has 180 valence electrons. The van der Waals surface area contributed by atoms with Crippen LogP contribution in [-0.2, 0) is 14.4 Å². The summed E-state index contributed by atoms with van der Waals surface area (Å²) in [6, 6.07) is -0.912. The number of carboxylic acids is 1. The Labute approximate surface area is 189 Å². The summed E-state index contributed by atoms with van der Waals surface area (Å²) in [5.41, 5.74) is -0.283. The number of piperidine rings is 1. The molecule has 0 saturated carbocycles. The van der Waals surface area contributed by atoms with Gasteiger partial charge in [0.15, 0.2) is 0 Å². The van der Waals surface area contributed by atoms with Gasteiger partial charge in [0, 0.05) is 19.2 Å². The van der Waals surface area contributed by atoms with E-state index in [0.29, 0.717) is 5.92 Å². The third kappa shape index (κ3) is 10.8. The van der Waals surface area contributed by atoms with E-state index in [1.54, 1.807) is 7.05 Å². The molecule has 1 fully saturated rings. The summed E-state index contributed by atoms with van der Waals surface area (Å²) < 4.78 is 0. The number of likely N-dealkylation sites (tertiary alicyclic amines) is 1. The van der Waals surface area contributed by atoms with Crippen molar-refractivity contribution in [2.24, 2.45) is 17.3 Å². The van der Waals surface area contributed by atoms with Crippen LogP contribution in [0.25, 0.3) is 0 Å². The number of hydrogen-bond acceptors (Lipinski definition) is 4. The van der Waals surface area contributed by atoms with Crippen LogP contribution in [0.5, 0.6) is 0 Å². The first-order valence-corrected chi connectivity index (χ1v) is 11.2. The number of nitrogens with one attached hydrogen (secondary N) is 1. The molecular formula is C24H45N3O4. The van der Waals surface area contributed by atoms with E-state index >= 15 is 0 Å². The van der Waals surface area contributed by atoms with Crippen molar-refractivity contribution in [2.45, 2.75) is 80.3 Å². The number of rotatable bonds is 6. The summed E-state index contributed by atoms with van der Waals surface area (Å²) >= 11 is 0. The van der Waals surface area contributed by atoms with Gasteiger partial charge in [0.05, 0.1) is 6.04 Å². The molecule has 2 amide bonds. The Morgan fingerprint density at radius 3 is 2.19 bits per heavy atom.